The standard InChI is InChI=1S/C13H17NO/c1-14-7-5-12(6-8-14)13-4-2-3-11(9-13)10-15/h2-4,9-10,12H,5-8H2,1H3. The molecular weight excluding hydrogens is 186 g/mol. The second-order valence-electron chi connectivity index (χ2n) is 4.37. The lowest BCUT2D eigenvalue weighted by Gasteiger charge is -2.29. The molecule has 80 valence electrons. The predicted molar refractivity (Wildman–Crippen MR) is 61.3 cm³/mol. The predicted octanol–water partition coefficient (Wildman–Crippen LogP) is 2.31. The maximum atomic E-state index is 10.7. The van der Waals surface area contributed by atoms with E-state index in [-0.39, 0.29) is 0 Å². The fourth-order valence-electron chi connectivity index (χ4n) is 2.23. The average molecular weight is 203 g/mol. The Morgan fingerprint density at radius 3 is 2.73 bits per heavy atom. The maximum Gasteiger partial charge on any atom is 0.150 e. The first-order valence-electron chi connectivity index (χ1n) is 5.53. The Labute approximate surface area is 90.9 Å². The van der Waals surface area contributed by atoms with Gasteiger partial charge in [-0.2, -0.15) is 0 Å². The summed E-state index contributed by atoms with van der Waals surface area (Å²) in [6.07, 6.45) is 3.34. The monoisotopic (exact) mass is 203 g/mol. The molecule has 0 atom stereocenters. The van der Waals surface area contributed by atoms with Crippen LogP contribution in [0.25, 0.3) is 0 Å². The van der Waals surface area contributed by atoms with Crippen molar-refractivity contribution >= 4 is 6.29 Å². The van der Waals surface area contributed by atoms with Crippen molar-refractivity contribution in [1.82, 2.24) is 4.90 Å². The van der Waals surface area contributed by atoms with Crippen molar-refractivity contribution in [3.05, 3.63) is 35.4 Å². The van der Waals surface area contributed by atoms with Crippen LogP contribution in [0.5, 0.6) is 0 Å². The van der Waals surface area contributed by atoms with E-state index < -0.39 is 0 Å². The SMILES string of the molecule is CN1CCC(c2cccc(C=O)c2)CC1. The number of hydrogen-bond donors (Lipinski definition) is 0. The van der Waals surface area contributed by atoms with Gasteiger partial charge in [0.05, 0.1) is 0 Å². The molecule has 0 aromatic heterocycles. The lowest BCUT2D eigenvalue weighted by atomic mass is 9.89. The molecule has 0 N–H and O–H groups in total. The summed E-state index contributed by atoms with van der Waals surface area (Å²) in [5.74, 6) is 0.640. The van der Waals surface area contributed by atoms with Gasteiger partial charge in [-0.1, -0.05) is 18.2 Å². The second kappa shape index (κ2) is 4.58. The molecule has 1 aromatic carbocycles. The normalized spacial score (nSPS) is 19.0. The van der Waals surface area contributed by atoms with Crippen LogP contribution in [0.3, 0.4) is 0 Å². The van der Waals surface area contributed by atoms with E-state index in [1.54, 1.807) is 0 Å². The van der Waals surface area contributed by atoms with Crippen LogP contribution in [0.2, 0.25) is 0 Å². The van der Waals surface area contributed by atoms with Crippen LogP contribution in [0.4, 0.5) is 0 Å². The molecule has 1 fully saturated rings. The molecule has 2 rings (SSSR count). The largest absolute Gasteiger partial charge is 0.306 e. The van der Waals surface area contributed by atoms with Gasteiger partial charge < -0.3 is 4.90 Å². The molecule has 0 saturated carbocycles. The van der Waals surface area contributed by atoms with Gasteiger partial charge in [0, 0.05) is 5.56 Å². The molecule has 0 aliphatic carbocycles. The van der Waals surface area contributed by atoms with Crippen molar-refractivity contribution in [3.8, 4) is 0 Å². The molecule has 15 heavy (non-hydrogen) atoms. The highest BCUT2D eigenvalue weighted by Gasteiger charge is 2.18. The number of likely N-dealkylation sites (tertiary alicyclic amines) is 1. The first-order valence-corrected chi connectivity index (χ1v) is 5.53. The van der Waals surface area contributed by atoms with Crippen LogP contribution < -0.4 is 0 Å². The zero-order chi connectivity index (χ0) is 10.7. The lowest BCUT2D eigenvalue weighted by molar-refractivity contribution is 0.112. The first-order chi connectivity index (χ1) is 7.29. The van der Waals surface area contributed by atoms with Crippen LogP contribution in [0.1, 0.15) is 34.7 Å². The fourth-order valence-corrected chi connectivity index (χ4v) is 2.23. The first kappa shape index (κ1) is 10.4. The number of hydrogen-bond acceptors (Lipinski definition) is 2. The van der Waals surface area contributed by atoms with Gasteiger partial charge >= 0.3 is 0 Å². The molecule has 0 bridgehead atoms. The summed E-state index contributed by atoms with van der Waals surface area (Å²) in [4.78, 5) is 13.0. The van der Waals surface area contributed by atoms with Crippen molar-refractivity contribution in [2.75, 3.05) is 20.1 Å². The van der Waals surface area contributed by atoms with Gasteiger partial charge in [-0.25, -0.2) is 0 Å². The Balaban J connectivity index is 2.11. The van der Waals surface area contributed by atoms with Gasteiger partial charge in [0.15, 0.2) is 0 Å². The summed E-state index contributed by atoms with van der Waals surface area (Å²) in [5, 5.41) is 0. The van der Waals surface area contributed by atoms with Gasteiger partial charge in [0.1, 0.15) is 6.29 Å². The highest BCUT2D eigenvalue weighted by molar-refractivity contribution is 5.75. The number of benzene rings is 1. The van der Waals surface area contributed by atoms with E-state index in [2.05, 4.69) is 18.0 Å². The van der Waals surface area contributed by atoms with E-state index in [0.29, 0.717) is 5.92 Å². The number of rotatable bonds is 2. The van der Waals surface area contributed by atoms with Crippen molar-refractivity contribution in [1.29, 1.82) is 0 Å². The Bertz CT molecular complexity index is 340. The molecule has 2 heteroatoms. The molecule has 1 aliphatic heterocycles. The third kappa shape index (κ3) is 2.45. The van der Waals surface area contributed by atoms with Crippen molar-refractivity contribution in [3.63, 3.8) is 0 Å². The lowest BCUT2D eigenvalue weighted by Crippen LogP contribution is -2.29. The molecule has 1 aliphatic rings. The molecule has 0 radical (unpaired) electrons. The van der Waals surface area contributed by atoms with Crippen molar-refractivity contribution < 1.29 is 4.79 Å². The summed E-state index contributed by atoms with van der Waals surface area (Å²) < 4.78 is 0. The molecule has 1 heterocycles. The van der Waals surface area contributed by atoms with E-state index >= 15 is 0 Å². The summed E-state index contributed by atoms with van der Waals surface area (Å²) in [5.41, 5.74) is 2.12. The third-order valence-corrected chi connectivity index (χ3v) is 3.24. The summed E-state index contributed by atoms with van der Waals surface area (Å²) in [6.45, 7) is 2.33. The van der Waals surface area contributed by atoms with Crippen LogP contribution in [0.15, 0.2) is 24.3 Å². The molecule has 0 unspecified atom stereocenters. The minimum Gasteiger partial charge on any atom is -0.306 e. The number of carbonyl (C=O) groups excluding carboxylic acids is 1. The van der Waals surface area contributed by atoms with Crippen LogP contribution >= 0.6 is 0 Å². The fraction of sp³-hybridized carbons (Fsp3) is 0.462. The van der Waals surface area contributed by atoms with Gasteiger partial charge in [-0.3, -0.25) is 4.79 Å². The van der Waals surface area contributed by atoms with Gasteiger partial charge in [0.25, 0.3) is 0 Å². The Kier molecular flexibility index (Phi) is 3.17. The number of aldehydes is 1. The summed E-state index contributed by atoms with van der Waals surface area (Å²) in [6, 6.07) is 8.02. The third-order valence-electron chi connectivity index (χ3n) is 3.24. The minimum absolute atomic E-state index is 0.640. The van der Waals surface area contributed by atoms with Gasteiger partial charge in [-0.15, -0.1) is 0 Å². The van der Waals surface area contributed by atoms with Crippen LogP contribution in [0, 0.1) is 0 Å². The Morgan fingerprint density at radius 1 is 1.33 bits per heavy atom. The molecule has 1 saturated heterocycles. The molecular formula is C13H17NO. The van der Waals surface area contributed by atoms with E-state index in [1.807, 2.05) is 18.2 Å². The van der Waals surface area contributed by atoms with Crippen LogP contribution in [-0.2, 0) is 0 Å². The highest BCUT2D eigenvalue weighted by atomic mass is 16.1. The van der Waals surface area contributed by atoms with Gasteiger partial charge in [0.2, 0.25) is 0 Å². The molecule has 0 amide bonds. The minimum atomic E-state index is 0.640. The van der Waals surface area contributed by atoms with E-state index in [0.717, 1.165) is 24.9 Å². The number of carbonyl (C=O) groups is 1. The molecule has 0 spiro atoms. The highest BCUT2D eigenvalue weighted by Crippen LogP contribution is 2.27. The zero-order valence-electron chi connectivity index (χ0n) is 9.15. The van der Waals surface area contributed by atoms with Crippen molar-refractivity contribution in [2.24, 2.45) is 0 Å². The maximum absolute atomic E-state index is 10.7. The van der Waals surface area contributed by atoms with E-state index in [4.69, 9.17) is 0 Å². The molecule has 1 aromatic rings. The van der Waals surface area contributed by atoms with E-state index in [1.165, 1.54) is 18.4 Å². The van der Waals surface area contributed by atoms with Gasteiger partial charge in [-0.05, 0) is 50.5 Å². The summed E-state index contributed by atoms with van der Waals surface area (Å²) >= 11 is 0. The van der Waals surface area contributed by atoms with Crippen LogP contribution in [-0.4, -0.2) is 31.3 Å². The molecule has 2 nitrogen and oxygen atoms in total. The average Bonchev–Trinajstić information content (AvgIpc) is 2.30. The quantitative estimate of drug-likeness (QED) is 0.687. The second-order valence-corrected chi connectivity index (χ2v) is 4.37. The Hall–Kier alpha value is -1.15. The van der Waals surface area contributed by atoms with E-state index in [9.17, 15) is 4.79 Å². The number of piperidine rings is 1. The summed E-state index contributed by atoms with van der Waals surface area (Å²) in [7, 11) is 2.16. The zero-order valence-corrected chi connectivity index (χ0v) is 9.15. The number of nitrogens with zero attached hydrogens (tertiary/aromatic N) is 1. The Morgan fingerprint density at radius 2 is 2.07 bits per heavy atom. The smallest absolute Gasteiger partial charge is 0.150 e. The topological polar surface area (TPSA) is 20.3 Å². The van der Waals surface area contributed by atoms with Crippen molar-refractivity contribution in [2.45, 2.75) is 18.8 Å².